The molecule has 1 spiro atoms. The molecule has 1 N–H and O–H groups in total. The van der Waals surface area contributed by atoms with Crippen LogP contribution in [0, 0.1) is 5.92 Å². The summed E-state index contributed by atoms with van der Waals surface area (Å²) in [6, 6.07) is 23.0. The first-order valence-electron chi connectivity index (χ1n) is 18.2. The zero-order valence-electron chi connectivity index (χ0n) is 29.3. The Hall–Kier alpha value is -3.86. The maximum absolute atomic E-state index is 16.6. The van der Waals surface area contributed by atoms with Crippen LogP contribution in [-0.2, 0) is 44.2 Å². The van der Waals surface area contributed by atoms with E-state index in [0.717, 1.165) is 42.4 Å². The predicted molar refractivity (Wildman–Crippen MR) is 194 cm³/mol. The second-order valence-corrected chi connectivity index (χ2v) is 18.9. The van der Waals surface area contributed by atoms with Crippen molar-refractivity contribution in [2.24, 2.45) is 5.92 Å². The number of hydrogen-bond donors (Lipinski definition) is 1. The molecule has 10 heteroatoms. The molecule has 3 amide bonds. The molecule has 0 radical (unpaired) electrons. The van der Waals surface area contributed by atoms with Crippen molar-refractivity contribution in [1.82, 2.24) is 4.90 Å². The van der Waals surface area contributed by atoms with Gasteiger partial charge < -0.3 is 28.7 Å². The van der Waals surface area contributed by atoms with E-state index in [0.29, 0.717) is 49.4 Å². The van der Waals surface area contributed by atoms with Crippen molar-refractivity contribution in [2.45, 2.75) is 101 Å². The van der Waals surface area contributed by atoms with E-state index in [9.17, 15) is 19.5 Å². The van der Waals surface area contributed by atoms with Crippen LogP contribution >= 0.6 is 0 Å². The maximum Gasteiger partial charge on any atom is 0.264 e. The quantitative estimate of drug-likeness (QED) is 0.221. The number of anilines is 2. The van der Waals surface area contributed by atoms with Crippen molar-refractivity contribution in [3.8, 4) is 0 Å². The van der Waals surface area contributed by atoms with Crippen LogP contribution in [0.3, 0.4) is 0 Å². The van der Waals surface area contributed by atoms with E-state index in [2.05, 4.69) is 0 Å². The Morgan fingerprint density at radius 3 is 2.44 bits per heavy atom. The summed E-state index contributed by atoms with van der Waals surface area (Å²) in [5, 5.41) is 10.3. The van der Waals surface area contributed by atoms with Crippen molar-refractivity contribution in [3.05, 3.63) is 95.1 Å². The van der Waals surface area contributed by atoms with Gasteiger partial charge in [0.15, 0.2) is 5.60 Å². The molecule has 2 fully saturated rings. The molecule has 0 bridgehead atoms. The molecule has 5 atom stereocenters. The number of hydrogen-bond acceptors (Lipinski definition) is 5. The highest BCUT2D eigenvalue weighted by Gasteiger charge is 2.67. The molecule has 0 aliphatic carbocycles. The standard InChI is InChI=1S/C40H48FN3O5Si/c1-27-38(50(2,3)41)35(23-37(47)43-25-30-16-11-10-15-29(30)21-32(43)26-45)49-40(27)33-22-31(42-20-12-5-4-9-17-36(42)46)18-19-34(33)44(39(40)48)24-28-13-7-6-8-14-28/h6-8,10-11,13-16,18-19,22,27,32,35,38,45H,4-5,9,12,17,20-21,23-26H2,1-3H3/t27-,32-,35+,38-,40+/m0/s1. The van der Waals surface area contributed by atoms with Gasteiger partial charge in [-0.3, -0.25) is 14.4 Å². The Morgan fingerprint density at radius 1 is 0.980 bits per heavy atom. The Kier molecular flexibility index (Phi) is 9.47. The van der Waals surface area contributed by atoms with E-state index in [1.807, 2.05) is 84.6 Å². The third-order valence-corrected chi connectivity index (χ3v) is 14.0. The lowest BCUT2D eigenvalue weighted by Gasteiger charge is -2.37. The number of aliphatic hydroxyl groups is 1. The summed E-state index contributed by atoms with van der Waals surface area (Å²) in [6.07, 6.45) is 3.89. The van der Waals surface area contributed by atoms with Crippen LogP contribution in [0.25, 0.3) is 0 Å². The molecular formula is C40H48FN3O5Si. The first kappa shape index (κ1) is 34.6. The summed E-state index contributed by atoms with van der Waals surface area (Å²) < 4.78 is 23.6. The smallest absolute Gasteiger partial charge is 0.264 e. The van der Waals surface area contributed by atoms with E-state index in [1.165, 1.54) is 0 Å². The van der Waals surface area contributed by atoms with Gasteiger partial charge in [-0.05, 0) is 67.2 Å². The molecular weight excluding hydrogens is 650 g/mol. The van der Waals surface area contributed by atoms with Crippen LogP contribution in [-0.4, -0.2) is 61.4 Å². The third kappa shape index (κ3) is 6.09. The monoisotopic (exact) mass is 697 g/mol. The first-order valence-corrected chi connectivity index (χ1v) is 21.1. The molecule has 4 aliphatic rings. The lowest BCUT2D eigenvalue weighted by Crippen LogP contribution is -2.48. The molecule has 4 aliphatic heterocycles. The van der Waals surface area contributed by atoms with E-state index in [1.54, 1.807) is 22.9 Å². The molecule has 50 heavy (non-hydrogen) atoms. The Balaban J connectivity index is 1.28. The van der Waals surface area contributed by atoms with Gasteiger partial charge in [-0.1, -0.05) is 74.4 Å². The zero-order chi connectivity index (χ0) is 35.2. The van der Waals surface area contributed by atoms with Crippen molar-refractivity contribution in [1.29, 1.82) is 0 Å². The van der Waals surface area contributed by atoms with Crippen molar-refractivity contribution in [2.75, 3.05) is 23.0 Å². The first-order chi connectivity index (χ1) is 24.0. The molecule has 0 aromatic heterocycles. The topological polar surface area (TPSA) is 90.4 Å². The maximum atomic E-state index is 16.6. The normalized spacial score (nSPS) is 26.9. The van der Waals surface area contributed by atoms with Gasteiger partial charge in [0, 0.05) is 42.2 Å². The molecule has 0 saturated carbocycles. The van der Waals surface area contributed by atoms with Crippen molar-refractivity contribution in [3.63, 3.8) is 0 Å². The molecule has 8 nitrogen and oxygen atoms in total. The van der Waals surface area contributed by atoms with E-state index in [4.69, 9.17) is 4.74 Å². The Morgan fingerprint density at radius 2 is 1.70 bits per heavy atom. The van der Waals surface area contributed by atoms with E-state index in [-0.39, 0.29) is 30.7 Å². The summed E-state index contributed by atoms with van der Waals surface area (Å²) in [7, 11) is -3.54. The minimum atomic E-state index is -3.54. The van der Waals surface area contributed by atoms with Gasteiger partial charge in [0.25, 0.3) is 5.91 Å². The number of rotatable bonds is 7. The van der Waals surface area contributed by atoms with Crippen LogP contribution in [0.15, 0.2) is 72.8 Å². The van der Waals surface area contributed by atoms with Gasteiger partial charge in [0.1, 0.15) is 0 Å². The average molecular weight is 698 g/mol. The molecule has 3 aromatic carbocycles. The van der Waals surface area contributed by atoms with E-state index < -0.39 is 37.6 Å². The average Bonchev–Trinajstić information content (AvgIpc) is 3.52. The summed E-state index contributed by atoms with van der Waals surface area (Å²) in [5.41, 5.74) is 2.94. The van der Waals surface area contributed by atoms with Gasteiger partial charge in [-0.25, -0.2) is 0 Å². The lowest BCUT2D eigenvalue weighted by molar-refractivity contribution is -0.151. The second-order valence-electron chi connectivity index (χ2n) is 15.1. The largest absolute Gasteiger partial charge is 0.394 e. The second kappa shape index (κ2) is 13.7. The number of amides is 3. The van der Waals surface area contributed by atoms with Crippen molar-refractivity contribution < 1.29 is 28.3 Å². The summed E-state index contributed by atoms with van der Waals surface area (Å²) in [5.74, 6) is -1.00. The minimum absolute atomic E-state index is 0.0599. The number of nitrogens with zero attached hydrogens (tertiary/aromatic N) is 3. The fraction of sp³-hybridized carbons (Fsp3) is 0.475. The zero-order valence-corrected chi connectivity index (χ0v) is 30.3. The molecule has 3 aromatic rings. The van der Waals surface area contributed by atoms with Gasteiger partial charge in [-0.15, -0.1) is 0 Å². The number of aliphatic hydroxyl groups excluding tert-OH is 1. The predicted octanol–water partition coefficient (Wildman–Crippen LogP) is 6.64. The highest BCUT2D eigenvalue weighted by Crippen LogP contribution is 2.61. The molecule has 2 saturated heterocycles. The van der Waals surface area contributed by atoms with Crippen LogP contribution in [0.5, 0.6) is 0 Å². The molecule has 0 unspecified atom stereocenters. The third-order valence-electron chi connectivity index (χ3n) is 11.5. The number of carbonyl (C=O) groups excluding carboxylic acids is 3. The van der Waals surface area contributed by atoms with Crippen molar-refractivity contribution >= 4 is 37.5 Å². The molecule has 264 valence electrons. The fourth-order valence-corrected chi connectivity index (χ4v) is 11.6. The summed E-state index contributed by atoms with van der Waals surface area (Å²) >= 11 is 0. The Bertz CT molecular complexity index is 1770. The highest BCUT2D eigenvalue weighted by molar-refractivity contribution is 6.72. The van der Waals surface area contributed by atoms with Gasteiger partial charge in [0.05, 0.1) is 37.4 Å². The number of ether oxygens (including phenoxy) is 1. The number of fused-ring (bicyclic) bond motifs is 3. The summed E-state index contributed by atoms with van der Waals surface area (Å²) in [6.45, 7) is 6.25. The molecule has 4 heterocycles. The van der Waals surface area contributed by atoms with E-state index >= 15 is 4.11 Å². The highest BCUT2D eigenvalue weighted by atomic mass is 28.4. The lowest BCUT2D eigenvalue weighted by atomic mass is 9.82. The SMILES string of the molecule is C[C@H]1[C@H]([Si](C)(C)F)[C@@H](CC(=O)N2Cc3ccccc3C[C@H]2CO)O[C@]12C(=O)N(Cc1ccccc1)c1ccc(N3CCCCCCC3=O)cc12. The minimum Gasteiger partial charge on any atom is -0.394 e. The summed E-state index contributed by atoms with van der Waals surface area (Å²) in [4.78, 5) is 47.8. The van der Waals surface area contributed by atoms with Crippen LogP contribution in [0.2, 0.25) is 18.6 Å². The van der Waals surface area contributed by atoms with Crippen LogP contribution < -0.4 is 9.80 Å². The van der Waals surface area contributed by atoms with Gasteiger partial charge in [0.2, 0.25) is 20.2 Å². The fourth-order valence-electron chi connectivity index (χ4n) is 9.09. The molecule has 7 rings (SSSR count). The Labute approximate surface area is 295 Å². The number of halogens is 1. The number of benzene rings is 3. The van der Waals surface area contributed by atoms with Gasteiger partial charge in [-0.2, -0.15) is 0 Å². The van der Waals surface area contributed by atoms with Crippen LogP contribution in [0.4, 0.5) is 15.5 Å². The number of carbonyl (C=O) groups is 3. The van der Waals surface area contributed by atoms with Crippen LogP contribution in [0.1, 0.15) is 67.7 Å². The van der Waals surface area contributed by atoms with Gasteiger partial charge >= 0.3 is 0 Å².